The van der Waals surface area contributed by atoms with Gasteiger partial charge in [0.25, 0.3) is 0 Å². The number of fused-ring (bicyclic) bond motifs is 1. The molecule has 0 unspecified atom stereocenters. The second kappa shape index (κ2) is 10.9. The van der Waals surface area contributed by atoms with Gasteiger partial charge in [-0.05, 0) is 87.9 Å². The number of methoxy groups -OCH3 is 1. The average molecular weight is 520 g/mol. The Balaban J connectivity index is 1.61. The molecule has 1 aromatic heterocycles. The quantitative estimate of drug-likeness (QED) is 0.269. The van der Waals surface area contributed by atoms with Crippen LogP contribution >= 0.6 is 0 Å². The molecule has 0 spiro atoms. The molecule has 0 aliphatic heterocycles. The largest absolute Gasteiger partial charge is 0.497 e. The van der Waals surface area contributed by atoms with Crippen LogP contribution in [0.25, 0.3) is 16.6 Å². The molecule has 4 aromatic rings. The van der Waals surface area contributed by atoms with Crippen molar-refractivity contribution in [1.82, 2.24) is 15.1 Å². The summed E-state index contributed by atoms with van der Waals surface area (Å²) in [5.74, 6) is -0.999. The zero-order valence-electron chi connectivity index (χ0n) is 21.9. The summed E-state index contributed by atoms with van der Waals surface area (Å²) in [6.45, 7) is 6.83. The number of hydrogen-bond donors (Lipinski definition) is 1. The maximum Gasteiger partial charge on any atom is 0.397 e. The zero-order chi connectivity index (χ0) is 27.4. The summed E-state index contributed by atoms with van der Waals surface area (Å²) in [4.78, 5) is 24.8. The second-order valence-electron chi connectivity index (χ2n) is 9.83. The summed E-state index contributed by atoms with van der Waals surface area (Å²) >= 11 is 0. The van der Waals surface area contributed by atoms with E-state index in [0.29, 0.717) is 11.5 Å². The Hall–Kier alpha value is -4.40. The van der Waals surface area contributed by atoms with Crippen LogP contribution in [0.1, 0.15) is 39.4 Å². The van der Waals surface area contributed by atoms with Crippen molar-refractivity contribution in [3.8, 4) is 17.2 Å². The van der Waals surface area contributed by atoms with E-state index in [1.165, 1.54) is 12.1 Å². The van der Waals surface area contributed by atoms with Crippen LogP contribution in [0.3, 0.4) is 0 Å². The van der Waals surface area contributed by atoms with Crippen LogP contribution < -0.4 is 14.8 Å². The molecule has 0 radical (unpaired) electrons. The molecule has 2 atom stereocenters. The first kappa shape index (κ1) is 26.7. The Morgan fingerprint density at radius 1 is 1.00 bits per heavy atom. The molecule has 0 aliphatic carbocycles. The number of nitrogens with zero attached hydrogens (tertiary/aromatic N) is 2. The minimum atomic E-state index is -0.969. The standard InChI is InChI=1S/C29H30FN3O5/c1-18(32-27(34)28(35)38-29(2,3)4)26(19-7-6-8-23(15-19)36-5)37-24-13-14-25-20(16-24)17-31-33(25)22-11-9-21(30)10-12-22/h6-18,26H,1-5H3,(H,32,34)/t18-,26-/m0/s1. The van der Waals surface area contributed by atoms with Gasteiger partial charge in [-0.3, -0.25) is 4.79 Å². The van der Waals surface area contributed by atoms with Crippen LogP contribution in [-0.2, 0) is 14.3 Å². The highest BCUT2D eigenvalue weighted by Gasteiger charge is 2.29. The third-order valence-corrected chi connectivity index (χ3v) is 5.69. The maximum absolute atomic E-state index is 13.4. The monoisotopic (exact) mass is 519 g/mol. The van der Waals surface area contributed by atoms with Gasteiger partial charge in [0.15, 0.2) is 0 Å². The molecule has 1 amide bonds. The van der Waals surface area contributed by atoms with E-state index in [2.05, 4.69) is 10.4 Å². The SMILES string of the molecule is COc1cccc([C@@H](Oc2ccc3c(cnn3-c3ccc(F)cc3)c2)[C@H](C)NC(=O)C(=O)OC(C)(C)C)c1. The number of benzene rings is 3. The smallest absolute Gasteiger partial charge is 0.397 e. The lowest BCUT2D eigenvalue weighted by atomic mass is 10.0. The highest BCUT2D eigenvalue weighted by molar-refractivity contribution is 6.32. The number of ether oxygens (including phenoxy) is 3. The molecule has 1 N–H and O–H groups in total. The van der Waals surface area contributed by atoms with Crippen molar-refractivity contribution in [3.05, 3.63) is 84.3 Å². The minimum absolute atomic E-state index is 0.322. The van der Waals surface area contributed by atoms with Gasteiger partial charge in [-0.1, -0.05) is 12.1 Å². The fourth-order valence-corrected chi connectivity index (χ4v) is 3.96. The fraction of sp³-hybridized carbons (Fsp3) is 0.276. The van der Waals surface area contributed by atoms with Gasteiger partial charge in [0.2, 0.25) is 0 Å². The summed E-state index contributed by atoms with van der Waals surface area (Å²) < 4.78 is 32.0. The molecule has 8 nitrogen and oxygen atoms in total. The van der Waals surface area contributed by atoms with Gasteiger partial charge < -0.3 is 19.5 Å². The van der Waals surface area contributed by atoms with Crippen molar-refractivity contribution >= 4 is 22.8 Å². The molecular weight excluding hydrogens is 489 g/mol. The number of aromatic nitrogens is 2. The number of halogens is 1. The van der Waals surface area contributed by atoms with Crippen molar-refractivity contribution in [2.75, 3.05) is 7.11 Å². The molecule has 38 heavy (non-hydrogen) atoms. The van der Waals surface area contributed by atoms with E-state index in [4.69, 9.17) is 14.2 Å². The lowest BCUT2D eigenvalue weighted by Gasteiger charge is -2.27. The first-order valence-electron chi connectivity index (χ1n) is 12.1. The molecule has 0 bridgehead atoms. The van der Waals surface area contributed by atoms with Gasteiger partial charge in [-0.25, -0.2) is 13.9 Å². The van der Waals surface area contributed by atoms with E-state index in [-0.39, 0.29) is 5.82 Å². The van der Waals surface area contributed by atoms with Crippen molar-refractivity contribution in [3.63, 3.8) is 0 Å². The van der Waals surface area contributed by atoms with Gasteiger partial charge in [-0.2, -0.15) is 5.10 Å². The minimum Gasteiger partial charge on any atom is -0.497 e. The van der Waals surface area contributed by atoms with E-state index in [0.717, 1.165) is 22.2 Å². The highest BCUT2D eigenvalue weighted by atomic mass is 19.1. The number of carbonyl (C=O) groups is 2. The summed E-state index contributed by atoms with van der Waals surface area (Å²) in [6.07, 6.45) is 1.03. The average Bonchev–Trinajstić information content (AvgIpc) is 3.30. The highest BCUT2D eigenvalue weighted by Crippen LogP contribution is 2.30. The van der Waals surface area contributed by atoms with Gasteiger partial charge in [0.05, 0.1) is 30.6 Å². The Morgan fingerprint density at radius 3 is 2.42 bits per heavy atom. The van der Waals surface area contributed by atoms with Crippen LogP contribution in [0.15, 0.2) is 72.9 Å². The van der Waals surface area contributed by atoms with Crippen molar-refractivity contribution < 1.29 is 28.2 Å². The second-order valence-corrected chi connectivity index (χ2v) is 9.83. The first-order chi connectivity index (χ1) is 18.0. The number of rotatable bonds is 7. The number of hydrogen-bond acceptors (Lipinski definition) is 6. The topological polar surface area (TPSA) is 91.7 Å². The molecule has 0 aliphatic rings. The number of nitrogens with one attached hydrogen (secondary N) is 1. The summed E-state index contributed by atoms with van der Waals surface area (Å²) in [5.41, 5.74) is 1.48. The number of amides is 1. The van der Waals surface area contributed by atoms with Crippen LogP contribution in [0.4, 0.5) is 4.39 Å². The van der Waals surface area contributed by atoms with E-state index < -0.39 is 29.6 Å². The molecular formula is C29H30FN3O5. The number of carbonyl (C=O) groups excluding carboxylic acids is 2. The summed E-state index contributed by atoms with van der Waals surface area (Å²) in [6, 6.07) is 18.2. The molecule has 0 saturated carbocycles. The van der Waals surface area contributed by atoms with Gasteiger partial charge in [0.1, 0.15) is 29.0 Å². The third kappa shape index (κ3) is 6.29. The molecule has 0 fully saturated rings. The Bertz CT molecular complexity index is 1440. The molecule has 3 aromatic carbocycles. The van der Waals surface area contributed by atoms with E-state index >= 15 is 0 Å². The lowest BCUT2D eigenvalue weighted by molar-refractivity contribution is -0.163. The fourth-order valence-electron chi connectivity index (χ4n) is 3.96. The van der Waals surface area contributed by atoms with Crippen LogP contribution in [0.2, 0.25) is 0 Å². The molecule has 4 rings (SSSR count). The lowest BCUT2D eigenvalue weighted by Crippen LogP contribution is -2.44. The van der Waals surface area contributed by atoms with Crippen molar-refractivity contribution in [2.45, 2.75) is 45.4 Å². The molecule has 9 heteroatoms. The molecule has 1 heterocycles. The Morgan fingerprint density at radius 2 is 1.74 bits per heavy atom. The van der Waals surface area contributed by atoms with E-state index in [9.17, 15) is 14.0 Å². The predicted molar refractivity (Wildman–Crippen MR) is 141 cm³/mol. The Kier molecular flexibility index (Phi) is 7.66. The zero-order valence-corrected chi connectivity index (χ0v) is 21.9. The maximum atomic E-state index is 13.4. The van der Waals surface area contributed by atoms with Crippen LogP contribution in [-0.4, -0.2) is 40.4 Å². The van der Waals surface area contributed by atoms with Crippen molar-refractivity contribution in [2.24, 2.45) is 0 Å². The van der Waals surface area contributed by atoms with Crippen LogP contribution in [0.5, 0.6) is 11.5 Å². The predicted octanol–water partition coefficient (Wildman–Crippen LogP) is 5.14. The third-order valence-electron chi connectivity index (χ3n) is 5.69. The van der Waals surface area contributed by atoms with Gasteiger partial charge in [0, 0.05) is 5.39 Å². The molecule has 198 valence electrons. The normalized spacial score (nSPS) is 13.0. The molecule has 0 saturated heterocycles. The van der Waals surface area contributed by atoms with E-state index in [1.54, 1.807) is 69.9 Å². The first-order valence-corrected chi connectivity index (χ1v) is 12.1. The van der Waals surface area contributed by atoms with E-state index in [1.807, 2.05) is 30.3 Å². The number of esters is 1. The summed E-state index contributed by atoms with van der Waals surface area (Å²) in [7, 11) is 1.56. The van der Waals surface area contributed by atoms with Crippen molar-refractivity contribution in [1.29, 1.82) is 0 Å². The summed E-state index contributed by atoms with van der Waals surface area (Å²) in [5, 5.41) is 7.94. The van der Waals surface area contributed by atoms with Crippen LogP contribution in [0, 0.1) is 5.82 Å². The van der Waals surface area contributed by atoms with Gasteiger partial charge in [-0.15, -0.1) is 0 Å². The van der Waals surface area contributed by atoms with Gasteiger partial charge >= 0.3 is 11.9 Å². The Labute approximate surface area is 220 Å².